The van der Waals surface area contributed by atoms with Crippen molar-refractivity contribution in [2.24, 2.45) is 17.4 Å². The minimum atomic E-state index is -0.909. The van der Waals surface area contributed by atoms with Crippen LogP contribution in [0.2, 0.25) is 0 Å². The fraction of sp³-hybridized carbons (Fsp3) is 0.429. The van der Waals surface area contributed by atoms with Gasteiger partial charge in [-0.05, 0) is 30.0 Å². The third kappa shape index (κ3) is 5.52. The highest BCUT2D eigenvalue weighted by molar-refractivity contribution is 5.97. The Morgan fingerprint density at radius 2 is 1.79 bits per heavy atom. The van der Waals surface area contributed by atoms with Gasteiger partial charge in [0.2, 0.25) is 11.8 Å². The summed E-state index contributed by atoms with van der Waals surface area (Å²) in [6.07, 6.45) is 0.840. The van der Waals surface area contributed by atoms with Crippen LogP contribution in [-0.4, -0.2) is 17.9 Å². The number of anilines is 1. The number of carbonyl (C=O) groups excluding carboxylic acids is 2. The Kier molecular flexibility index (Phi) is 5.51. The molecule has 0 spiro atoms. The van der Waals surface area contributed by atoms with E-state index in [9.17, 15) is 9.59 Å². The molecule has 0 unspecified atom stereocenters. The van der Waals surface area contributed by atoms with Crippen LogP contribution in [0, 0.1) is 5.92 Å². The minimum Gasteiger partial charge on any atom is -0.370 e. The van der Waals surface area contributed by atoms with Gasteiger partial charge in [0.15, 0.2) is 0 Å². The van der Waals surface area contributed by atoms with Gasteiger partial charge < -0.3 is 16.8 Å². The van der Waals surface area contributed by atoms with E-state index in [4.69, 9.17) is 11.5 Å². The van der Waals surface area contributed by atoms with E-state index in [1.807, 2.05) is 24.3 Å². The number of nitrogens with two attached hydrogens (primary N) is 2. The first kappa shape index (κ1) is 15.2. The van der Waals surface area contributed by atoms with Crippen LogP contribution in [0.25, 0.3) is 0 Å². The van der Waals surface area contributed by atoms with Crippen molar-refractivity contribution in [2.45, 2.75) is 32.7 Å². The molecule has 0 aromatic heterocycles. The van der Waals surface area contributed by atoms with Gasteiger partial charge in [0.1, 0.15) is 0 Å². The van der Waals surface area contributed by atoms with Gasteiger partial charge in [-0.15, -0.1) is 0 Å². The summed E-state index contributed by atoms with van der Waals surface area (Å²) in [5.74, 6) is -0.408. The fourth-order valence-electron chi connectivity index (χ4n) is 1.74. The molecule has 5 N–H and O–H groups in total. The number of primary amides is 1. The predicted octanol–water partition coefficient (Wildman–Crippen LogP) is 1.03. The molecule has 19 heavy (non-hydrogen) atoms. The summed E-state index contributed by atoms with van der Waals surface area (Å²) >= 11 is 0. The lowest BCUT2D eigenvalue weighted by Crippen LogP contribution is -2.38. The van der Waals surface area contributed by atoms with Gasteiger partial charge in [0.05, 0.1) is 12.5 Å². The number of hydrogen-bond donors (Lipinski definition) is 3. The summed E-state index contributed by atoms with van der Waals surface area (Å²) in [5.41, 5.74) is 12.4. The third-order valence-electron chi connectivity index (χ3n) is 2.62. The molecule has 0 radical (unpaired) electrons. The zero-order valence-electron chi connectivity index (χ0n) is 11.3. The van der Waals surface area contributed by atoms with Crippen molar-refractivity contribution in [2.75, 3.05) is 5.32 Å². The molecule has 0 heterocycles. The maximum absolute atomic E-state index is 11.7. The molecule has 0 aliphatic rings. The van der Waals surface area contributed by atoms with Gasteiger partial charge >= 0.3 is 0 Å². The van der Waals surface area contributed by atoms with Crippen LogP contribution in [0.3, 0.4) is 0 Å². The largest absolute Gasteiger partial charge is 0.370 e. The molecule has 0 fully saturated rings. The van der Waals surface area contributed by atoms with Crippen LogP contribution in [0.4, 0.5) is 5.69 Å². The molecule has 2 amide bonds. The minimum absolute atomic E-state index is 0.155. The molecule has 0 saturated carbocycles. The van der Waals surface area contributed by atoms with Crippen molar-refractivity contribution in [1.82, 2.24) is 0 Å². The van der Waals surface area contributed by atoms with Crippen LogP contribution >= 0.6 is 0 Å². The van der Waals surface area contributed by atoms with E-state index in [0.29, 0.717) is 11.6 Å². The zero-order chi connectivity index (χ0) is 14.4. The van der Waals surface area contributed by atoms with Gasteiger partial charge in [-0.3, -0.25) is 9.59 Å². The van der Waals surface area contributed by atoms with E-state index < -0.39 is 17.9 Å². The number of amides is 2. The summed E-state index contributed by atoms with van der Waals surface area (Å²) in [4.78, 5) is 22.3. The molecular formula is C14H21N3O2. The quantitative estimate of drug-likeness (QED) is 0.714. The molecule has 0 aliphatic carbocycles. The molecular weight excluding hydrogens is 242 g/mol. The Bertz CT molecular complexity index is 441. The smallest absolute Gasteiger partial charge is 0.241 e. The fourth-order valence-corrected chi connectivity index (χ4v) is 1.74. The van der Waals surface area contributed by atoms with Gasteiger partial charge in [-0.25, -0.2) is 0 Å². The first-order valence-electron chi connectivity index (χ1n) is 6.32. The molecule has 5 heteroatoms. The average Bonchev–Trinajstić information content (AvgIpc) is 2.30. The first-order chi connectivity index (χ1) is 8.88. The van der Waals surface area contributed by atoms with Crippen molar-refractivity contribution >= 4 is 17.5 Å². The highest BCUT2D eigenvalue weighted by atomic mass is 16.2. The van der Waals surface area contributed by atoms with Crippen LogP contribution in [0.5, 0.6) is 0 Å². The van der Waals surface area contributed by atoms with E-state index in [2.05, 4.69) is 19.2 Å². The lowest BCUT2D eigenvalue weighted by atomic mass is 10.0. The predicted molar refractivity (Wildman–Crippen MR) is 75.4 cm³/mol. The zero-order valence-corrected chi connectivity index (χ0v) is 11.3. The van der Waals surface area contributed by atoms with Crippen LogP contribution in [0.1, 0.15) is 25.8 Å². The second-order valence-corrected chi connectivity index (χ2v) is 5.06. The molecule has 1 atom stereocenters. The van der Waals surface area contributed by atoms with Crippen LogP contribution in [0.15, 0.2) is 24.3 Å². The lowest BCUT2D eigenvalue weighted by Gasteiger charge is -2.11. The van der Waals surface area contributed by atoms with Crippen molar-refractivity contribution < 1.29 is 9.59 Å². The number of carbonyl (C=O) groups is 2. The molecule has 1 rings (SSSR count). The number of benzene rings is 1. The van der Waals surface area contributed by atoms with Crippen molar-refractivity contribution in [1.29, 1.82) is 0 Å². The second-order valence-electron chi connectivity index (χ2n) is 5.06. The van der Waals surface area contributed by atoms with Crippen molar-refractivity contribution in [3.05, 3.63) is 29.8 Å². The summed E-state index contributed by atoms with van der Waals surface area (Å²) < 4.78 is 0. The van der Waals surface area contributed by atoms with E-state index in [-0.39, 0.29) is 6.42 Å². The van der Waals surface area contributed by atoms with Gasteiger partial charge in [0.25, 0.3) is 0 Å². The lowest BCUT2D eigenvalue weighted by molar-refractivity contribution is -0.123. The van der Waals surface area contributed by atoms with E-state index >= 15 is 0 Å². The van der Waals surface area contributed by atoms with Gasteiger partial charge in [0, 0.05) is 5.69 Å². The Morgan fingerprint density at radius 3 is 2.26 bits per heavy atom. The average molecular weight is 263 g/mol. The standard InChI is InChI=1S/C14H21N3O2/c1-9(2)7-10-3-5-11(6-4-10)17-14(19)12(15)8-13(16)18/h3-6,9,12H,7-8,15H2,1-2H3,(H2,16,18)(H,17,19)/t12-/m0/s1. The van der Waals surface area contributed by atoms with E-state index in [1.54, 1.807) is 0 Å². The van der Waals surface area contributed by atoms with Crippen LogP contribution in [-0.2, 0) is 16.0 Å². The Labute approximate surface area is 113 Å². The number of rotatable bonds is 6. The SMILES string of the molecule is CC(C)Cc1ccc(NC(=O)[C@@H](N)CC(N)=O)cc1. The second kappa shape index (κ2) is 6.89. The summed E-state index contributed by atoms with van der Waals surface area (Å²) in [6, 6.07) is 6.68. The molecule has 1 aromatic carbocycles. The molecule has 5 nitrogen and oxygen atoms in total. The summed E-state index contributed by atoms with van der Waals surface area (Å²) in [6.45, 7) is 4.30. The highest BCUT2D eigenvalue weighted by Crippen LogP contribution is 2.13. The molecule has 0 bridgehead atoms. The van der Waals surface area contributed by atoms with Crippen molar-refractivity contribution in [3.63, 3.8) is 0 Å². The summed E-state index contributed by atoms with van der Waals surface area (Å²) in [7, 11) is 0. The topological polar surface area (TPSA) is 98.2 Å². The Morgan fingerprint density at radius 1 is 1.21 bits per heavy atom. The monoisotopic (exact) mass is 263 g/mol. The third-order valence-corrected chi connectivity index (χ3v) is 2.62. The van der Waals surface area contributed by atoms with Gasteiger partial charge in [-0.1, -0.05) is 26.0 Å². The molecule has 0 aliphatic heterocycles. The molecule has 104 valence electrons. The van der Waals surface area contributed by atoms with Crippen molar-refractivity contribution in [3.8, 4) is 0 Å². The van der Waals surface area contributed by atoms with Gasteiger partial charge in [-0.2, -0.15) is 0 Å². The Hall–Kier alpha value is -1.88. The first-order valence-corrected chi connectivity index (χ1v) is 6.32. The summed E-state index contributed by atoms with van der Waals surface area (Å²) in [5, 5.41) is 2.66. The highest BCUT2D eigenvalue weighted by Gasteiger charge is 2.15. The number of hydrogen-bond acceptors (Lipinski definition) is 3. The molecule has 1 aromatic rings. The van der Waals surface area contributed by atoms with E-state index in [1.165, 1.54) is 5.56 Å². The number of nitrogens with one attached hydrogen (secondary N) is 1. The maximum atomic E-state index is 11.7. The normalized spacial score (nSPS) is 12.2. The Balaban J connectivity index is 2.57. The maximum Gasteiger partial charge on any atom is 0.241 e. The molecule has 0 saturated heterocycles. The van der Waals surface area contributed by atoms with Crippen LogP contribution < -0.4 is 16.8 Å². The van der Waals surface area contributed by atoms with E-state index in [0.717, 1.165) is 6.42 Å².